The lowest BCUT2D eigenvalue weighted by Crippen LogP contribution is -2.36. The molecule has 0 radical (unpaired) electrons. The molecule has 1 saturated carbocycles. The summed E-state index contributed by atoms with van der Waals surface area (Å²) < 4.78 is 5.34. The first-order chi connectivity index (χ1) is 10.2. The number of aromatic nitrogens is 1. The average molecular weight is 310 g/mol. The van der Waals surface area contributed by atoms with Gasteiger partial charge in [-0.15, -0.1) is 0 Å². The number of ether oxygens (including phenoxy) is 1. The minimum atomic E-state index is 0.0499. The van der Waals surface area contributed by atoms with Gasteiger partial charge < -0.3 is 20.3 Å². The smallest absolute Gasteiger partial charge is 0.268 e. The largest absolute Gasteiger partial charge is 0.382 e. The first kappa shape index (κ1) is 14.6. The standard InChI is InChI=1S/C14H22N4O2S/c1-2-5-18(10-3-4-10)13(19)11-12(15)16-14(21-11)17-6-8-20-9-7-17/h10H,2-9,15H2,1H3. The van der Waals surface area contributed by atoms with E-state index in [0.717, 1.165) is 44.0 Å². The summed E-state index contributed by atoms with van der Waals surface area (Å²) in [5.41, 5.74) is 6.00. The summed E-state index contributed by atoms with van der Waals surface area (Å²) in [6.07, 6.45) is 3.19. The summed E-state index contributed by atoms with van der Waals surface area (Å²) in [5, 5.41) is 0.839. The normalized spacial score (nSPS) is 18.8. The monoisotopic (exact) mass is 310 g/mol. The predicted octanol–water partition coefficient (Wildman–Crippen LogP) is 1.58. The molecular weight excluding hydrogens is 288 g/mol. The van der Waals surface area contributed by atoms with Crippen LogP contribution in [-0.2, 0) is 4.74 Å². The Morgan fingerprint density at radius 1 is 1.48 bits per heavy atom. The van der Waals surface area contributed by atoms with E-state index in [1.165, 1.54) is 11.3 Å². The molecule has 0 atom stereocenters. The van der Waals surface area contributed by atoms with Gasteiger partial charge in [-0.05, 0) is 19.3 Å². The van der Waals surface area contributed by atoms with Crippen LogP contribution in [0.15, 0.2) is 0 Å². The van der Waals surface area contributed by atoms with Crippen molar-refractivity contribution in [2.45, 2.75) is 32.2 Å². The molecule has 1 aromatic rings. The molecule has 21 heavy (non-hydrogen) atoms. The third kappa shape index (κ3) is 3.13. The van der Waals surface area contributed by atoms with Crippen LogP contribution in [0.5, 0.6) is 0 Å². The Balaban J connectivity index is 1.77. The minimum Gasteiger partial charge on any atom is -0.382 e. The van der Waals surface area contributed by atoms with Crippen molar-refractivity contribution in [3.8, 4) is 0 Å². The van der Waals surface area contributed by atoms with Gasteiger partial charge in [-0.25, -0.2) is 4.98 Å². The second-order valence-corrected chi connectivity index (χ2v) is 6.52. The summed E-state index contributed by atoms with van der Waals surface area (Å²) in [5.74, 6) is 0.419. The molecule has 6 nitrogen and oxygen atoms in total. The van der Waals surface area contributed by atoms with Crippen molar-refractivity contribution in [1.82, 2.24) is 9.88 Å². The van der Waals surface area contributed by atoms with E-state index in [4.69, 9.17) is 10.5 Å². The van der Waals surface area contributed by atoms with E-state index >= 15 is 0 Å². The van der Waals surface area contributed by atoms with Crippen LogP contribution in [0.1, 0.15) is 35.9 Å². The van der Waals surface area contributed by atoms with Gasteiger partial charge in [-0.3, -0.25) is 4.79 Å². The molecular formula is C14H22N4O2S. The number of thiazole rings is 1. The van der Waals surface area contributed by atoms with Gasteiger partial charge >= 0.3 is 0 Å². The molecule has 0 aromatic carbocycles. The van der Waals surface area contributed by atoms with Crippen LogP contribution in [0, 0.1) is 0 Å². The first-order valence-electron chi connectivity index (χ1n) is 7.60. The molecule has 2 fully saturated rings. The zero-order chi connectivity index (χ0) is 14.8. The van der Waals surface area contributed by atoms with Crippen LogP contribution < -0.4 is 10.6 Å². The number of nitrogen functional groups attached to an aromatic ring is 1. The summed E-state index contributed by atoms with van der Waals surface area (Å²) in [7, 11) is 0. The maximum Gasteiger partial charge on any atom is 0.268 e. The number of amides is 1. The molecule has 1 saturated heterocycles. The highest BCUT2D eigenvalue weighted by Gasteiger charge is 2.34. The third-order valence-electron chi connectivity index (χ3n) is 3.83. The lowest BCUT2D eigenvalue weighted by Gasteiger charge is -2.26. The Labute approximate surface area is 128 Å². The van der Waals surface area contributed by atoms with Crippen LogP contribution in [0.2, 0.25) is 0 Å². The van der Waals surface area contributed by atoms with Crippen LogP contribution >= 0.6 is 11.3 Å². The SMILES string of the molecule is CCCN(C(=O)c1sc(N2CCOCC2)nc1N)C1CC1. The van der Waals surface area contributed by atoms with E-state index < -0.39 is 0 Å². The Morgan fingerprint density at radius 3 is 2.81 bits per heavy atom. The lowest BCUT2D eigenvalue weighted by atomic mass is 10.3. The van der Waals surface area contributed by atoms with Gasteiger partial charge in [0.2, 0.25) is 0 Å². The van der Waals surface area contributed by atoms with Crippen molar-refractivity contribution in [3.05, 3.63) is 4.88 Å². The maximum atomic E-state index is 12.7. The molecule has 116 valence electrons. The number of hydrogen-bond donors (Lipinski definition) is 1. The van der Waals surface area contributed by atoms with Gasteiger partial charge in [0, 0.05) is 25.7 Å². The molecule has 1 aromatic heterocycles. The van der Waals surface area contributed by atoms with Crippen LogP contribution in [0.3, 0.4) is 0 Å². The molecule has 2 N–H and O–H groups in total. The third-order valence-corrected chi connectivity index (χ3v) is 4.95. The molecule has 2 heterocycles. The first-order valence-corrected chi connectivity index (χ1v) is 8.42. The maximum absolute atomic E-state index is 12.7. The highest BCUT2D eigenvalue weighted by atomic mass is 32.1. The molecule has 0 spiro atoms. The minimum absolute atomic E-state index is 0.0499. The van der Waals surface area contributed by atoms with E-state index in [-0.39, 0.29) is 5.91 Å². The number of nitrogens with two attached hydrogens (primary N) is 1. The molecule has 2 aliphatic rings. The molecule has 1 amide bonds. The van der Waals surface area contributed by atoms with E-state index in [9.17, 15) is 4.79 Å². The second kappa shape index (κ2) is 6.19. The van der Waals surface area contributed by atoms with Crippen molar-refractivity contribution in [3.63, 3.8) is 0 Å². The number of hydrogen-bond acceptors (Lipinski definition) is 6. The molecule has 1 aliphatic carbocycles. The van der Waals surface area contributed by atoms with Gasteiger partial charge in [0.1, 0.15) is 10.7 Å². The quantitative estimate of drug-likeness (QED) is 0.894. The van der Waals surface area contributed by atoms with E-state index in [0.29, 0.717) is 30.0 Å². The number of morpholine rings is 1. The van der Waals surface area contributed by atoms with Crippen LogP contribution in [0.4, 0.5) is 10.9 Å². The topological polar surface area (TPSA) is 71.7 Å². The molecule has 0 bridgehead atoms. The Morgan fingerprint density at radius 2 is 2.19 bits per heavy atom. The summed E-state index contributed by atoms with van der Waals surface area (Å²) in [4.78, 5) is 21.8. The fraction of sp³-hybridized carbons (Fsp3) is 0.714. The van der Waals surface area contributed by atoms with E-state index in [2.05, 4.69) is 16.8 Å². The number of nitrogens with zero attached hydrogens (tertiary/aromatic N) is 3. The van der Waals surface area contributed by atoms with E-state index in [1.807, 2.05) is 4.90 Å². The molecule has 0 unspecified atom stereocenters. The van der Waals surface area contributed by atoms with Gasteiger partial charge in [0.25, 0.3) is 5.91 Å². The van der Waals surface area contributed by atoms with Crippen LogP contribution in [-0.4, -0.2) is 54.7 Å². The van der Waals surface area contributed by atoms with Crippen molar-refractivity contribution in [2.75, 3.05) is 43.5 Å². The zero-order valence-corrected chi connectivity index (χ0v) is 13.2. The van der Waals surface area contributed by atoms with Crippen molar-refractivity contribution in [2.24, 2.45) is 0 Å². The van der Waals surface area contributed by atoms with Crippen molar-refractivity contribution >= 4 is 28.2 Å². The number of rotatable bonds is 5. The highest BCUT2D eigenvalue weighted by Crippen LogP contribution is 2.33. The summed E-state index contributed by atoms with van der Waals surface area (Å²) in [6, 6.07) is 0.408. The van der Waals surface area contributed by atoms with Gasteiger partial charge in [-0.1, -0.05) is 18.3 Å². The average Bonchev–Trinajstić information content (AvgIpc) is 3.27. The number of carbonyl (C=O) groups is 1. The Hall–Kier alpha value is -1.34. The Bertz CT molecular complexity index is 509. The number of anilines is 2. The molecule has 1 aliphatic heterocycles. The summed E-state index contributed by atoms with van der Waals surface area (Å²) in [6.45, 7) is 5.91. The fourth-order valence-electron chi connectivity index (χ4n) is 2.57. The van der Waals surface area contributed by atoms with Gasteiger partial charge in [-0.2, -0.15) is 0 Å². The molecule has 7 heteroatoms. The lowest BCUT2D eigenvalue weighted by molar-refractivity contribution is 0.0749. The Kier molecular flexibility index (Phi) is 4.30. The second-order valence-electron chi connectivity index (χ2n) is 5.54. The van der Waals surface area contributed by atoms with Gasteiger partial charge in [0.15, 0.2) is 5.13 Å². The van der Waals surface area contributed by atoms with Crippen molar-refractivity contribution in [1.29, 1.82) is 0 Å². The fourth-order valence-corrected chi connectivity index (χ4v) is 3.56. The van der Waals surface area contributed by atoms with Gasteiger partial charge in [0.05, 0.1) is 13.2 Å². The van der Waals surface area contributed by atoms with Crippen molar-refractivity contribution < 1.29 is 9.53 Å². The van der Waals surface area contributed by atoms with E-state index in [1.54, 1.807) is 0 Å². The summed E-state index contributed by atoms with van der Waals surface area (Å²) >= 11 is 1.42. The van der Waals surface area contributed by atoms with Crippen LogP contribution in [0.25, 0.3) is 0 Å². The molecule has 3 rings (SSSR count). The predicted molar refractivity (Wildman–Crippen MR) is 83.9 cm³/mol. The highest BCUT2D eigenvalue weighted by molar-refractivity contribution is 7.18. The zero-order valence-electron chi connectivity index (χ0n) is 12.4. The number of carbonyl (C=O) groups excluding carboxylic acids is 1.